The SMILES string of the molecule is Cc1cc(C(=O)C2COC(C)C2)c(Cl)cc1F. The van der Waals surface area contributed by atoms with E-state index in [9.17, 15) is 9.18 Å². The molecule has 0 aliphatic carbocycles. The highest BCUT2D eigenvalue weighted by Gasteiger charge is 2.30. The lowest BCUT2D eigenvalue weighted by Gasteiger charge is -2.09. The van der Waals surface area contributed by atoms with Crippen molar-refractivity contribution < 1.29 is 13.9 Å². The highest BCUT2D eigenvalue weighted by molar-refractivity contribution is 6.34. The van der Waals surface area contributed by atoms with Crippen LogP contribution < -0.4 is 0 Å². The van der Waals surface area contributed by atoms with Gasteiger partial charge in [-0.05, 0) is 38.0 Å². The van der Waals surface area contributed by atoms with Crippen molar-refractivity contribution in [3.63, 3.8) is 0 Å². The van der Waals surface area contributed by atoms with E-state index in [-0.39, 0.29) is 28.6 Å². The largest absolute Gasteiger partial charge is 0.378 e. The zero-order valence-electron chi connectivity index (χ0n) is 9.80. The third-order valence-corrected chi connectivity index (χ3v) is 3.40. The highest BCUT2D eigenvalue weighted by atomic mass is 35.5. The Hall–Kier alpha value is -0.930. The second-order valence-corrected chi connectivity index (χ2v) is 4.93. The molecule has 0 amide bonds. The average molecular weight is 257 g/mol. The Morgan fingerprint density at radius 3 is 2.82 bits per heavy atom. The average Bonchev–Trinajstić information content (AvgIpc) is 2.69. The first-order valence-electron chi connectivity index (χ1n) is 5.60. The first-order chi connectivity index (χ1) is 7.99. The number of carbonyl (C=O) groups excluding carboxylic acids is 1. The molecule has 1 heterocycles. The van der Waals surface area contributed by atoms with Gasteiger partial charge in [0.1, 0.15) is 5.82 Å². The van der Waals surface area contributed by atoms with Crippen LogP contribution in [0.25, 0.3) is 0 Å². The maximum absolute atomic E-state index is 13.2. The minimum Gasteiger partial charge on any atom is -0.378 e. The van der Waals surface area contributed by atoms with E-state index in [1.807, 2.05) is 6.92 Å². The summed E-state index contributed by atoms with van der Waals surface area (Å²) < 4.78 is 18.6. The molecule has 2 unspecified atom stereocenters. The second kappa shape index (κ2) is 4.75. The smallest absolute Gasteiger partial charge is 0.169 e. The Kier molecular flexibility index (Phi) is 3.50. The van der Waals surface area contributed by atoms with E-state index in [0.29, 0.717) is 24.2 Å². The predicted octanol–water partition coefficient (Wildman–Crippen LogP) is 3.40. The van der Waals surface area contributed by atoms with Crippen molar-refractivity contribution in [2.75, 3.05) is 6.61 Å². The molecule has 0 aromatic heterocycles. The number of halogens is 2. The molecular weight excluding hydrogens is 243 g/mol. The van der Waals surface area contributed by atoms with E-state index >= 15 is 0 Å². The number of aryl methyl sites for hydroxylation is 1. The van der Waals surface area contributed by atoms with Gasteiger partial charge in [-0.15, -0.1) is 0 Å². The molecule has 0 saturated carbocycles. The summed E-state index contributed by atoms with van der Waals surface area (Å²) in [7, 11) is 0. The number of hydrogen-bond donors (Lipinski definition) is 0. The highest BCUT2D eigenvalue weighted by Crippen LogP contribution is 2.28. The molecule has 1 aliphatic rings. The van der Waals surface area contributed by atoms with Gasteiger partial charge in [-0.1, -0.05) is 11.6 Å². The molecule has 1 saturated heterocycles. The van der Waals surface area contributed by atoms with Gasteiger partial charge in [0.2, 0.25) is 0 Å². The molecule has 0 bridgehead atoms. The van der Waals surface area contributed by atoms with Crippen molar-refractivity contribution in [1.29, 1.82) is 0 Å². The Morgan fingerprint density at radius 2 is 2.24 bits per heavy atom. The summed E-state index contributed by atoms with van der Waals surface area (Å²) >= 11 is 5.91. The van der Waals surface area contributed by atoms with Crippen LogP contribution in [-0.2, 0) is 4.74 Å². The number of benzene rings is 1. The summed E-state index contributed by atoms with van der Waals surface area (Å²) in [5.74, 6) is -0.600. The van der Waals surface area contributed by atoms with Crippen molar-refractivity contribution in [3.05, 3.63) is 34.1 Å². The molecule has 1 fully saturated rings. The molecular formula is C13H14ClFO2. The van der Waals surface area contributed by atoms with Crippen LogP contribution in [0, 0.1) is 18.7 Å². The predicted molar refractivity (Wildman–Crippen MR) is 64.0 cm³/mol. The number of carbonyl (C=O) groups is 1. The second-order valence-electron chi connectivity index (χ2n) is 4.52. The van der Waals surface area contributed by atoms with Crippen molar-refractivity contribution in [3.8, 4) is 0 Å². The first kappa shape index (κ1) is 12.5. The van der Waals surface area contributed by atoms with E-state index in [0.717, 1.165) is 0 Å². The van der Waals surface area contributed by atoms with Crippen LogP contribution in [-0.4, -0.2) is 18.5 Å². The summed E-state index contributed by atoms with van der Waals surface area (Å²) in [5, 5.41) is 0.178. The van der Waals surface area contributed by atoms with Gasteiger partial charge >= 0.3 is 0 Å². The topological polar surface area (TPSA) is 26.3 Å². The molecule has 2 nitrogen and oxygen atoms in total. The van der Waals surface area contributed by atoms with Gasteiger partial charge in [-0.25, -0.2) is 4.39 Å². The van der Waals surface area contributed by atoms with Crippen LogP contribution in [0.1, 0.15) is 29.3 Å². The molecule has 4 heteroatoms. The fraction of sp³-hybridized carbons (Fsp3) is 0.462. The van der Waals surface area contributed by atoms with Crippen LogP contribution in [0.15, 0.2) is 12.1 Å². The monoisotopic (exact) mass is 256 g/mol. The van der Waals surface area contributed by atoms with Crippen molar-refractivity contribution >= 4 is 17.4 Å². The van der Waals surface area contributed by atoms with E-state index in [1.165, 1.54) is 12.1 Å². The molecule has 92 valence electrons. The van der Waals surface area contributed by atoms with Gasteiger partial charge in [0, 0.05) is 11.5 Å². The summed E-state index contributed by atoms with van der Waals surface area (Å²) in [4.78, 5) is 12.2. The van der Waals surface area contributed by atoms with Crippen LogP contribution in [0.5, 0.6) is 0 Å². The molecule has 17 heavy (non-hydrogen) atoms. The van der Waals surface area contributed by atoms with Gasteiger partial charge < -0.3 is 4.74 Å². The van der Waals surface area contributed by atoms with Crippen LogP contribution in [0.4, 0.5) is 4.39 Å². The Balaban J connectivity index is 2.28. The number of ether oxygens (including phenoxy) is 1. The van der Waals surface area contributed by atoms with E-state index in [4.69, 9.17) is 16.3 Å². The molecule has 0 N–H and O–H groups in total. The molecule has 2 atom stereocenters. The lowest BCUT2D eigenvalue weighted by molar-refractivity contribution is 0.0877. The lowest BCUT2D eigenvalue weighted by Crippen LogP contribution is -2.15. The summed E-state index contributed by atoms with van der Waals surface area (Å²) in [6, 6.07) is 2.71. The number of rotatable bonds is 2. The molecule has 1 aromatic rings. The minimum absolute atomic E-state index is 0.0533. The van der Waals surface area contributed by atoms with E-state index < -0.39 is 0 Å². The third-order valence-electron chi connectivity index (χ3n) is 3.08. The molecule has 0 spiro atoms. The minimum atomic E-state index is -0.386. The van der Waals surface area contributed by atoms with Crippen LogP contribution in [0.3, 0.4) is 0 Å². The zero-order valence-corrected chi connectivity index (χ0v) is 10.6. The zero-order chi connectivity index (χ0) is 12.6. The summed E-state index contributed by atoms with van der Waals surface area (Å²) in [5.41, 5.74) is 0.831. The fourth-order valence-electron chi connectivity index (χ4n) is 2.07. The van der Waals surface area contributed by atoms with Gasteiger partial charge in [0.05, 0.1) is 17.7 Å². The fourth-order valence-corrected chi connectivity index (χ4v) is 2.31. The molecule has 1 aromatic carbocycles. The standard InChI is InChI=1S/C13H14ClFO2/c1-7-3-10(11(14)5-12(7)15)13(16)9-4-8(2)17-6-9/h3,5,8-9H,4,6H2,1-2H3. The molecule has 2 rings (SSSR count). The van der Waals surface area contributed by atoms with Crippen molar-refractivity contribution in [2.24, 2.45) is 5.92 Å². The Morgan fingerprint density at radius 1 is 1.53 bits per heavy atom. The summed E-state index contributed by atoms with van der Waals surface area (Å²) in [6.07, 6.45) is 0.801. The van der Waals surface area contributed by atoms with Crippen LogP contribution in [0.2, 0.25) is 5.02 Å². The molecule has 0 radical (unpaired) electrons. The van der Waals surface area contributed by atoms with Gasteiger partial charge in [0.25, 0.3) is 0 Å². The maximum atomic E-state index is 13.2. The Bertz CT molecular complexity index is 459. The quantitative estimate of drug-likeness (QED) is 0.758. The van der Waals surface area contributed by atoms with Crippen molar-refractivity contribution in [2.45, 2.75) is 26.4 Å². The maximum Gasteiger partial charge on any atom is 0.169 e. The first-order valence-corrected chi connectivity index (χ1v) is 5.98. The Labute approximate surface area is 105 Å². The summed E-state index contributed by atoms with van der Waals surface area (Å²) in [6.45, 7) is 3.98. The molecule has 1 aliphatic heterocycles. The van der Waals surface area contributed by atoms with Crippen molar-refractivity contribution in [1.82, 2.24) is 0 Å². The lowest BCUT2D eigenvalue weighted by atomic mass is 9.94. The number of hydrogen-bond acceptors (Lipinski definition) is 2. The normalized spacial score (nSPS) is 24.0. The third kappa shape index (κ3) is 2.50. The van der Waals surface area contributed by atoms with Crippen LogP contribution >= 0.6 is 11.6 Å². The van der Waals surface area contributed by atoms with Gasteiger partial charge in [-0.2, -0.15) is 0 Å². The van der Waals surface area contributed by atoms with E-state index in [2.05, 4.69) is 0 Å². The van der Waals surface area contributed by atoms with Gasteiger partial charge in [-0.3, -0.25) is 4.79 Å². The number of Topliss-reactive ketones (excluding diaryl/α,β-unsaturated/α-hetero) is 1. The number of ketones is 1. The van der Waals surface area contributed by atoms with Gasteiger partial charge in [0.15, 0.2) is 5.78 Å². The van der Waals surface area contributed by atoms with E-state index in [1.54, 1.807) is 6.92 Å².